The summed E-state index contributed by atoms with van der Waals surface area (Å²) in [6.45, 7) is 4.53. The summed E-state index contributed by atoms with van der Waals surface area (Å²) in [5, 5.41) is 14.5. The van der Waals surface area contributed by atoms with Crippen LogP contribution in [0.1, 0.15) is 33.1 Å². The van der Waals surface area contributed by atoms with E-state index in [-0.39, 0.29) is 0 Å². The second-order valence-corrected chi connectivity index (χ2v) is 5.19. The molecule has 2 amide bonds. The first-order valence-corrected chi connectivity index (χ1v) is 7.10. The minimum absolute atomic E-state index is 0.404. The van der Waals surface area contributed by atoms with Crippen LogP contribution in [0.2, 0.25) is 0 Å². The van der Waals surface area contributed by atoms with Crippen LogP contribution in [-0.4, -0.2) is 41.2 Å². The molecule has 0 aliphatic rings. The Bertz CT molecular complexity index is 249. The molecular weight excluding hydrogens is 240 g/mol. The number of hydrogen-bond acceptors (Lipinski definition) is 3. The third kappa shape index (κ3) is 7.90. The van der Waals surface area contributed by atoms with Crippen molar-refractivity contribution in [3.05, 3.63) is 0 Å². The van der Waals surface area contributed by atoms with E-state index in [1.165, 1.54) is 0 Å². The van der Waals surface area contributed by atoms with E-state index in [0.717, 1.165) is 12.8 Å². The highest BCUT2D eigenvalue weighted by molar-refractivity contribution is 7.99. The molecule has 0 saturated heterocycles. The lowest BCUT2D eigenvalue weighted by molar-refractivity contribution is -0.139. The summed E-state index contributed by atoms with van der Waals surface area (Å²) in [6.07, 6.45) is 4.07. The highest BCUT2D eigenvalue weighted by Gasteiger charge is 2.18. The maximum absolute atomic E-state index is 11.4. The predicted molar refractivity (Wildman–Crippen MR) is 70.5 cm³/mol. The summed E-state index contributed by atoms with van der Waals surface area (Å²) in [7, 11) is 0. The fourth-order valence-electron chi connectivity index (χ4n) is 1.26. The monoisotopic (exact) mass is 262 g/mol. The summed E-state index contributed by atoms with van der Waals surface area (Å²) in [4.78, 5) is 22.2. The van der Waals surface area contributed by atoms with Crippen molar-refractivity contribution in [3.63, 3.8) is 0 Å². The van der Waals surface area contributed by atoms with Gasteiger partial charge in [-0.05, 0) is 19.1 Å². The second-order valence-electron chi connectivity index (χ2n) is 3.91. The number of carbonyl (C=O) groups is 2. The van der Waals surface area contributed by atoms with Gasteiger partial charge in [0.2, 0.25) is 0 Å². The molecule has 0 spiro atoms. The summed E-state index contributed by atoms with van der Waals surface area (Å²) in [5.74, 6) is -0.987. The Kier molecular flexibility index (Phi) is 8.66. The van der Waals surface area contributed by atoms with Crippen LogP contribution in [0.4, 0.5) is 4.79 Å². The molecule has 0 aromatic heterocycles. The van der Waals surface area contributed by atoms with Crippen molar-refractivity contribution in [3.8, 4) is 0 Å². The molecule has 0 rings (SSSR count). The first-order chi connectivity index (χ1) is 8.01. The molecule has 0 heterocycles. The maximum Gasteiger partial charge on any atom is 0.326 e. The Morgan fingerprint density at radius 2 is 2.00 bits per heavy atom. The van der Waals surface area contributed by atoms with Gasteiger partial charge < -0.3 is 15.7 Å². The Labute approximate surface area is 107 Å². The highest BCUT2D eigenvalue weighted by atomic mass is 32.2. The average Bonchev–Trinajstić information content (AvgIpc) is 2.28. The van der Waals surface area contributed by atoms with Gasteiger partial charge in [-0.1, -0.05) is 20.3 Å². The predicted octanol–water partition coefficient (Wildman–Crippen LogP) is 1.68. The molecule has 6 heteroatoms. The summed E-state index contributed by atoms with van der Waals surface area (Å²) in [5.41, 5.74) is 0. The fourth-order valence-corrected chi connectivity index (χ4v) is 1.62. The molecule has 0 saturated carbocycles. The topological polar surface area (TPSA) is 78.4 Å². The SMILES string of the molecule is CCCC(NC(=O)NCCC(C)SC)C(=O)O. The summed E-state index contributed by atoms with van der Waals surface area (Å²) < 4.78 is 0. The van der Waals surface area contributed by atoms with E-state index in [4.69, 9.17) is 5.11 Å². The van der Waals surface area contributed by atoms with Gasteiger partial charge in [0.25, 0.3) is 0 Å². The Morgan fingerprint density at radius 3 is 2.47 bits per heavy atom. The van der Waals surface area contributed by atoms with E-state index in [2.05, 4.69) is 17.6 Å². The van der Waals surface area contributed by atoms with Crippen molar-refractivity contribution in [2.45, 2.75) is 44.4 Å². The molecule has 0 aromatic carbocycles. The van der Waals surface area contributed by atoms with Crippen molar-refractivity contribution in [1.29, 1.82) is 0 Å². The van der Waals surface area contributed by atoms with Crippen LogP contribution in [-0.2, 0) is 4.79 Å². The zero-order chi connectivity index (χ0) is 13.3. The van der Waals surface area contributed by atoms with Crippen molar-refractivity contribution in [2.24, 2.45) is 0 Å². The van der Waals surface area contributed by atoms with E-state index < -0.39 is 18.0 Å². The van der Waals surface area contributed by atoms with E-state index in [1.807, 2.05) is 13.2 Å². The van der Waals surface area contributed by atoms with Crippen molar-refractivity contribution in [2.75, 3.05) is 12.8 Å². The van der Waals surface area contributed by atoms with Gasteiger partial charge in [0.05, 0.1) is 0 Å². The molecule has 0 fully saturated rings. The van der Waals surface area contributed by atoms with Gasteiger partial charge in [0.15, 0.2) is 0 Å². The lowest BCUT2D eigenvalue weighted by Gasteiger charge is -2.15. The van der Waals surface area contributed by atoms with E-state index in [0.29, 0.717) is 18.2 Å². The smallest absolute Gasteiger partial charge is 0.326 e. The molecule has 2 atom stereocenters. The zero-order valence-electron chi connectivity index (χ0n) is 10.7. The number of urea groups is 1. The minimum atomic E-state index is -0.987. The number of aliphatic carboxylic acids is 1. The van der Waals surface area contributed by atoms with Gasteiger partial charge in [0, 0.05) is 11.8 Å². The summed E-state index contributed by atoms with van der Waals surface area (Å²) >= 11 is 1.74. The van der Waals surface area contributed by atoms with Crippen molar-refractivity contribution >= 4 is 23.8 Å². The lowest BCUT2D eigenvalue weighted by Crippen LogP contribution is -2.46. The number of nitrogens with one attached hydrogen (secondary N) is 2. The van der Waals surface area contributed by atoms with Crippen LogP contribution in [0.3, 0.4) is 0 Å². The average molecular weight is 262 g/mol. The molecule has 0 radical (unpaired) electrons. The number of thioether (sulfide) groups is 1. The van der Waals surface area contributed by atoms with Gasteiger partial charge in [-0.3, -0.25) is 0 Å². The molecule has 3 N–H and O–H groups in total. The number of hydrogen-bond donors (Lipinski definition) is 3. The van der Waals surface area contributed by atoms with Crippen LogP contribution in [0.15, 0.2) is 0 Å². The van der Waals surface area contributed by atoms with Gasteiger partial charge >= 0.3 is 12.0 Å². The first kappa shape index (κ1) is 16.1. The van der Waals surface area contributed by atoms with Gasteiger partial charge in [0.1, 0.15) is 6.04 Å². The van der Waals surface area contributed by atoms with E-state index in [1.54, 1.807) is 11.8 Å². The molecule has 0 aliphatic carbocycles. The van der Waals surface area contributed by atoms with Crippen LogP contribution in [0.25, 0.3) is 0 Å². The van der Waals surface area contributed by atoms with Crippen LogP contribution >= 0.6 is 11.8 Å². The molecule has 0 aliphatic heterocycles. The van der Waals surface area contributed by atoms with Crippen LogP contribution < -0.4 is 10.6 Å². The van der Waals surface area contributed by atoms with E-state index in [9.17, 15) is 9.59 Å². The maximum atomic E-state index is 11.4. The molecule has 2 unspecified atom stereocenters. The number of rotatable bonds is 8. The van der Waals surface area contributed by atoms with E-state index >= 15 is 0 Å². The normalized spacial score (nSPS) is 13.8. The Hall–Kier alpha value is -0.910. The number of carboxylic acid groups (broad SMARTS) is 1. The molecule has 0 aromatic rings. The van der Waals surface area contributed by atoms with Gasteiger partial charge in [-0.2, -0.15) is 11.8 Å². The Morgan fingerprint density at radius 1 is 1.35 bits per heavy atom. The lowest BCUT2D eigenvalue weighted by atomic mass is 10.2. The number of carbonyl (C=O) groups excluding carboxylic acids is 1. The number of amides is 2. The largest absolute Gasteiger partial charge is 0.480 e. The van der Waals surface area contributed by atoms with Crippen molar-refractivity contribution < 1.29 is 14.7 Å². The zero-order valence-corrected chi connectivity index (χ0v) is 11.5. The molecule has 0 bridgehead atoms. The fraction of sp³-hybridized carbons (Fsp3) is 0.818. The highest BCUT2D eigenvalue weighted by Crippen LogP contribution is 2.07. The minimum Gasteiger partial charge on any atom is -0.480 e. The molecule has 17 heavy (non-hydrogen) atoms. The van der Waals surface area contributed by atoms with Gasteiger partial charge in [-0.25, -0.2) is 9.59 Å². The molecular formula is C11H22N2O3S. The van der Waals surface area contributed by atoms with Crippen LogP contribution in [0, 0.1) is 0 Å². The summed E-state index contributed by atoms with van der Waals surface area (Å²) in [6, 6.07) is -1.20. The third-order valence-corrected chi connectivity index (χ3v) is 3.46. The van der Waals surface area contributed by atoms with Crippen LogP contribution in [0.5, 0.6) is 0 Å². The Balaban J connectivity index is 3.86. The quantitative estimate of drug-likeness (QED) is 0.622. The third-order valence-electron chi connectivity index (χ3n) is 2.42. The molecule has 100 valence electrons. The standard InChI is InChI=1S/C11H22N2O3S/c1-4-5-9(10(14)15)13-11(16)12-7-6-8(2)17-3/h8-9H,4-7H2,1-3H3,(H,14,15)(H2,12,13,16). The van der Waals surface area contributed by atoms with Crippen molar-refractivity contribution in [1.82, 2.24) is 10.6 Å². The second kappa shape index (κ2) is 9.15. The first-order valence-electron chi connectivity index (χ1n) is 5.81. The van der Waals surface area contributed by atoms with Gasteiger partial charge in [-0.15, -0.1) is 0 Å². The number of carboxylic acids is 1. The molecule has 5 nitrogen and oxygen atoms in total.